The highest BCUT2D eigenvalue weighted by atomic mass is 19.4. The number of alkyl halides is 3. The second kappa shape index (κ2) is 5.44. The van der Waals surface area contributed by atoms with Gasteiger partial charge in [0.2, 0.25) is 0 Å². The number of carboxylic acid groups (broad SMARTS) is 1. The van der Waals surface area contributed by atoms with E-state index in [0.717, 1.165) is 11.3 Å². The predicted octanol–water partition coefficient (Wildman–Crippen LogP) is 1.89. The maximum absolute atomic E-state index is 12.3. The van der Waals surface area contributed by atoms with Gasteiger partial charge in [-0.05, 0) is 26.7 Å². The van der Waals surface area contributed by atoms with Crippen LogP contribution in [0.1, 0.15) is 26.7 Å². The van der Waals surface area contributed by atoms with E-state index in [4.69, 9.17) is 9.84 Å². The van der Waals surface area contributed by atoms with Crippen molar-refractivity contribution in [3.63, 3.8) is 0 Å². The number of hydrogen-bond donors (Lipinski definition) is 1. The Morgan fingerprint density at radius 1 is 1.50 bits per heavy atom. The Labute approximate surface area is 104 Å². The van der Waals surface area contributed by atoms with Gasteiger partial charge in [0.15, 0.2) is 0 Å². The van der Waals surface area contributed by atoms with Crippen LogP contribution < -0.4 is 0 Å². The van der Waals surface area contributed by atoms with Gasteiger partial charge < -0.3 is 9.84 Å². The molecule has 1 unspecified atom stereocenters. The normalized spacial score (nSPS) is 23.6. The third-order valence-corrected chi connectivity index (χ3v) is 2.78. The number of nitrogens with zero attached hydrogens (tertiary/aromatic N) is 1. The quantitative estimate of drug-likeness (QED) is 0.828. The number of aliphatic carboxylic acids is 1. The summed E-state index contributed by atoms with van der Waals surface area (Å²) in [6.07, 6.45) is -3.31. The minimum absolute atomic E-state index is 0.00472. The molecule has 1 fully saturated rings. The van der Waals surface area contributed by atoms with Crippen molar-refractivity contribution in [3.05, 3.63) is 0 Å². The molecule has 106 valence electrons. The molecule has 0 aliphatic carbocycles. The monoisotopic (exact) mass is 269 g/mol. The number of rotatable bonds is 5. The highest BCUT2D eigenvalue weighted by Crippen LogP contribution is 2.30. The smallest absolute Gasteiger partial charge is 0.401 e. The van der Waals surface area contributed by atoms with Gasteiger partial charge in [0.1, 0.15) is 0 Å². The molecule has 1 heterocycles. The Morgan fingerprint density at radius 2 is 2.11 bits per heavy atom. The van der Waals surface area contributed by atoms with Gasteiger partial charge in [-0.2, -0.15) is 13.2 Å². The van der Waals surface area contributed by atoms with E-state index in [-0.39, 0.29) is 18.2 Å². The lowest BCUT2D eigenvalue weighted by Crippen LogP contribution is -2.42. The molecule has 0 saturated carbocycles. The third-order valence-electron chi connectivity index (χ3n) is 2.78. The number of halogens is 3. The minimum atomic E-state index is -4.40. The van der Waals surface area contributed by atoms with Crippen LogP contribution in [0, 0.1) is 0 Å². The highest BCUT2D eigenvalue weighted by molar-refractivity contribution is 5.69. The number of carbonyl (C=O) groups is 1. The molecule has 1 atom stereocenters. The molecule has 1 aliphatic rings. The largest absolute Gasteiger partial charge is 0.480 e. The molecule has 1 aliphatic heterocycles. The first-order valence-electron chi connectivity index (χ1n) is 5.76. The van der Waals surface area contributed by atoms with Gasteiger partial charge in [-0.1, -0.05) is 0 Å². The van der Waals surface area contributed by atoms with Crippen LogP contribution in [0.5, 0.6) is 0 Å². The van der Waals surface area contributed by atoms with E-state index in [0.29, 0.717) is 6.42 Å². The lowest BCUT2D eigenvalue weighted by atomic mass is 10.1. The fraction of sp³-hybridized carbons (Fsp3) is 0.909. The van der Waals surface area contributed by atoms with E-state index in [1.807, 2.05) is 13.8 Å². The van der Waals surface area contributed by atoms with Crippen LogP contribution in [-0.4, -0.2) is 53.5 Å². The summed E-state index contributed by atoms with van der Waals surface area (Å²) in [6, 6.07) is 0. The van der Waals surface area contributed by atoms with Gasteiger partial charge in [0, 0.05) is 6.54 Å². The molecule has 0 amide bonds. The molecule has 4 nitrogen and oxygen atoms in total. The van der Waals surface area contributed by atoms with Gasteiger partial charge in [0.25, 0.3) is 0 Å². The summed E-state index contributed by atoms with van der Waals surface area (Å²) in [6.45, 7) is 1.89. The fourth-order valence-corrected chi connectivity index (χ4v) is 2.12. The van der Waals surface area contributed by atoms with Crippen molar-refractivity contribution in [2.75, 3.05) is 19.6 Å². The van der Waals surface area contributed by atoms with Crippen LogP contribution in [0.25, 0.3) is 0 Å². The molecule has 0 aromatic heterocycles. The molecule has 0 aromatic carbocycles. The molecule has 7 heteroatoms. The Hall–Kier alpha value is -0.820. The van der Waals surface area contributed by atoms with Gasteiger partial charge in [0.05, 0.1) is 24.8 Å². The first-order chi connectivity index (χ1) is 8.07. The standard InChI is InChI=1S/C11H18F3NO3/c1-10(2)4-3-8(18-10)5-15(6-9(16)17)7-11(12,13)14/h8H,3-7H2,1-2H3,(H,16,17). The van der Waals surface area contributed by atoms with E-state index in [1.54, 1.807) is 0 Å². The molecular formula is C11H18F3NO3. The molecule has 0 radical (unpaired) electrons. The van der Waals surface area contributed by atoms with Crippen LogP contribution >= 0.6 is 0 Å². The lowest BCUT2D eigenvalue weighted by molar-refractivity contribution is -0.157. The van der Waals surface area contributed by atoms with Crippen molar-refractivity contribution in [1.82, 2.24) is 4.90 Å². The summed E-state index contributed by atoms with van der Waals surface area (Å²) in [5, 5.41) is 8.61. The van der Waals surface area contributed by atoms with E-state index in [1.165, 1.54) is 0 Å². The molecular weight excluding hydrogens is 251 g/mol. The second-order valence-corrected chi connectivity index (χ2v) is 5.22. The maximum Gasteiger partial charge on any atom is 0.401 e. The zero-order chi connectivity index (χ0) is 14.0. The third kappa shape index (κ3) is 5.68. The summed E-state index contributed by atoms with van der Waals surface area (Å²) in [7, 11) is 0. The maximum atomic E-state index is 12.3. The Bertz CT molecular complexity index is 304. The van der Waals surface area contributed by atoms with Crippen LogP contribution in [-0.2, 0) is 9.53 Å². The van der Waals surface area contributed by atoms with E-state index < -0.39 is 25.2 Å². The molecule has 1 rings (SSSR count). The van der Waals surface area contributed by atoms with E-state index in [9.17, 15) is 18.0 Å². The summed E-state index contributed by atoms with van der Waals surface area (Å²) >= 11 is 0. The van der Waals surface area contributed by atoms with Crippen molar-refractivity contribution in [3.8, 4) is 0 Å². The Morgan fingerprint density at radius 3 is 2.50 bits per heavy atom. The lowest BCUT2D eigenvalue weighted by Gasteiger charge is -2.26. The van der Waals surface area contributed by atoms with Gasteiger partial charge in [-0.3, -0.25) is 9.69 Å². The van der Waals surface area contributed by atoms with Gasteiger partial charge >= 0.3 is 12.1 Å². The Kier molecular flexibility index (Phi) is 4.61. The van der Waals surface area contributed by atoms with Gasteiger partial charge in [-0.15, -0.1) is 0 Å². The van der Waals surface area contributed by atoms with Crippen LogP contribution in [0.2, 0.25) is 0 Å². The van der Waals surface area contributed by atoms with Crippen LogP contribution in [0.15, 0.2) is 0 Å². The first kappa shape index (κ1) is 15.2. The van der Waals surface area contributed by atoms with Crippen molar-refractivity contribution >= 4 is 5.97 Å². The SMILES string of the molecule is CC1(C)CCC(CN(CC(=O)O)CC(F)(F)F)O1. The molecule has 18 heavy (non-hydrogen) atoms. The average Bonchev–Trinajstić information content (AvgIpc) is 2.40. The molecule has 0 aromatic rings. The van der Waals surface area contributed by atoms with Crippen molar-refractivity contribution in [2.45, 2.75) is 44.6 Å². The van der Waals surface area contributed by atoms with Crippen LogP contribution in [0.4, 0.5) is 13.2 Å². The van der Waals surface area contributed by atoms with E-state index in [2.05, 4.69) is 0 Å². The number of hydrogen-bond acceptors (Lipinski definition) is 3. The highest BCUT2D eigenvalue weighted by Gasteiger charge is 2.36. The predicted molar refractivity (Wildman–Crippen MR) is 58.3 cm³/mol. The first-order valence-corrected chi connectivity index (χ1v) is 5.76. The second-order valence-electron chi connectivity index (χ2n) is 5.22. The minimum Gasteiger partial charge on any atom is -0.480 e. The topological polar surface area (TPSA) is 49.8 Å². The van der Waals surface area contributed by atoms with Crippen LogP contribution in [0.3, 0.4) is 0 Å². The summed E-state index contributed by atoms with van der Waals surface area (Å²) in [4.78, 5) is 11.4. The fourth-order valence-electron chi connectivity index (χ4n) is 2.12. The van der Waals surface area contributed by atoms with E-state index >= 15 is 0 Å². The summed E-state index contributed by atoms with van der Waals surface area (Å²) < 4.78 is 42.5. The number of ether oxygens (including phenoxy) is 1. The molecule has 1 N–H and O–H groups in total. The van der Waals surface area contributed by atoms with Crippen molar-refractivity contribution in [1.29, 1.82) is 0 Å². The zero-order valence-electron chi connectivity index (χ0n) is 10.5. The summed E-state index contributed by atoms with van der Waals surface area (Å²) in [5.41, 5.74) is -0.336. The van der Waals surface area contributed by atoms with Crippen molar-refractivity contribution in [2.24, 2.45) is 0 Å². The molecule has 0 spiro atoms. The zero-order valence-corrected chi connectivity index (χ0v) is 10.5. The van der Waals surface area contributed by atoms with Gasteiger partial charge in [-0.25, -0.2) is 0 Å². The Balaban J connectivity index is 2.53. The molecule has 0 bridgehead atoms. The van der Waals surface area contributed by atoms with Crippen molar-refractivity contribution < 1.29 is 27.8 Å². The summed E-state index contributed by atoms with van der Waals surface area (Å²) in [5.74, 6) is -1.27. The molecule has 1 saturated heterocycles. The average molecular weight is 269 g/mol. The number of carboxylic acids is 1.